The zero-order chi connectivity index (χ0) is 19.2. The van der Waals surface area contributed by atoms with Crippen molar-refractivity contribution in [3.63, 3.8) is 0 Å². The number of aryl methyl sites for hydroxylation is 2. The van der Waals surface area contributed by atoms with Gasteiger partial charge in [0.25, 0.3) is 0 Å². The van der Waals surface area contributed by atoms with E-state index in [1.807, 2.05) is 21.0 Å². The summed E-state index contributed by atoms with van der Waals surface area (Å²) in [4.78, 5) is 19.9. The minimum absolute atomic E-state index is 0.620. The molecule has 0 unspecified atom stereocenters. The molecule has 0 bridgehead atoms. The van der Waals surface area contributed by atoms with Crippen molar-refractivity contribution in [2.45, 2.75) is 20.4 Å². The summed E-state index contributed by atoms with van der Waals surface area (Å²) in [6, 6.07) is 0. The molecule has 0 radical (unpaired) electrons. The summed E-state index contributed by atoms with van der Waals surface area (Å²) >= 11 is 1.67. The van der Waals surface area contributed by atoms with Crippen LogP contribution in [0.4, 0.5) is 5.82 Å². The van der Waals surface area contributed by atoms with E-state index in [1.165, 1.54) is 0 Å². The highest BCUT2D eigenvalue weighted by Crippen LogP contribution is 2.17. The van der Waals surface area contributed by atoms with Crippen LogP contribution in [-0.2, 0) is 13.6 Å². The van der Waals surface area contributed by atoms with Crippen LogP contribution >= 0.6 is 11.3 Å². The third-order valence-corrected chi connectivity index (χ3v) is 4.78. The Balaban J connectivity index is 1.59. The van der Waals surface area contributed by atoms with Gasteiger partial charge in [-0.05, 0) is 13.8 Å². The number of thiazole rings is 1. The maximum Gasteiger partial charge on any atom is 0.194 e. The van der Waals surface area contributed by atoms with Crippen LogP contribution in [0.15, 0.2) is 22.9 Å². The summed E-state index contributed by atoms with van der Waals surface area (Å²) in [6.07, 6.45) is 3.32. The van der Waals surface area contributed by atoms with Gasteiger partial charge in [0.1, 0.15) is 12.1 Å². The van der Waals surface area contributed by atoms with Gasteiger partial charge in [0.15, 0.2) is 11.6 Å². The molecule has 3 aromatic heterocycles. The summed E-state index contributed by atoms with van der Waals surface area (Å²) in [6.45, 7) is 6.91. The second-order valence-electron chi connectivity index (χ2n) is 6.10. The van der Waals surface area contributed by atoms with Gasteiger partial charge in [0, 0.05) is 32.6 Å². The van der Waals surface area contributed by atoms with Crippen LogP contribution in [0.2, 0.25) is 0 Å². The molecule has 9 nitrogen and oxygen atoms in total. The summed E-state index contributed by atoms with van der Waals surface area (Å²) in [5.41, 5.74) is 1.87. The van der Waals surface area contributed by atoms with Gasteiger partial charge < -0.3 is 15.5 Å². The smallest absolute Gasteiger partial charge is 0.194 e. The Labute approximate surface area is 162 Å². The first-order valence-electron chi connectivity index (χ1n) is 8.85. The Morgan fingerprint density at radius 3 is 2.96 bits per heavy atom. The van der Waals surface area contributed by atoms with Crippen molar-refractivity contribution in [3.8, 4) is 0 Å². The molecular formula is C17H25N9S. The first kappa shape index (κ1) is 19.0. The van der Waals surface area contributed by atoms with Gasteiger partial charge in [-0.2, -0.15) is 5.10 Å². The van der Waals surface area contributed by atoms with E-state index >= 15 is 0 Å². The summed E-state index contributed by atoms with van der Waals surface area (Å²) in [5, 5.41) is 15.0. The van der Waals surface area contributed by atoms with E-state index in [1.54, 1.807) is 28.5 Å². The van der Waals surface area contributed by atoms with Crippen LogP contribution in [-0.4, -0.2) is 62.3 Å². The lowest BCUT2D eigenvalue weighted by Gasteiger charge is -2.21. The van der Waals surface area contributed by atoms with E-state index in [0.717, 1.165) is 46.6 Å². The molecular weight excluding hydrogens is 362 g/mol. The van der Waals surface area contributed by atoms with Crippen LogP contribution in [0.25, 0.3) is 11.0 Å². The van der Waals surface area contributed by atoms with Crippen molar-refractivity contribution in [3.05, 3.63) is 28.6 Å². The van der Waals surface area contributed by atoms with E-state index in [0.29, 0.717) is 13.1 Å². The minimum Gasteiger partial charge on any atom is -0.367 e. The molecule has 3 rings (SSSR count). The van der Waals surface area contributed by atoms with Crippen LogP contribution in [0.1, 0.15) is 17.6 Å². The molecule has 0 saturated heterocycles. The number of hydrogen-bond donors (Lipinski definition) is 2. The summed E-state index contributed by atoms with van der Waals surface area (Å²) < 4.78 is 1.73. The number of anilines is 1. The van der Waals surface area contributed by atoms with Crippen LogP contribution < -0.4 is 10.6 Å². The van der Waals surface area contributed by atoms with E-state index in [2.05, 4.69) is 47.9 Å². The van der Waals surface area contributed by atoms with Gasteiger partial charge in [-0.15, -0.1) is 11.3 Å². The number of aliphatic imine (C=N–C) groups is 1. The minimum atomic E-state index is 0.620. The third-order valence-electron chi connectivity index (χ3n) is 3.96. The average Bonchev–Trinajstić information content (AvgIpc) is 3.24. The molecule has 27 heavy (non-hydrogen) atoms. The van der Waals surface area contributed by atoms with Crippen molar-refractivity contribution in [1.82, 2.24) is 34.9 Å². The SMILES string of the molecule is CCNC(=NCCNc1ncnc2c1cnn2C)N(C)Cc1csc(C)n1. The molecule has 0 aliphatic carbocycles. The molecule has 0 spiro atoms. The van der Waals surface area contributed by atoms with Crippen molar-refractivity contribution in [1.29, 1.82) is 0 Å². The molecule has 2 N–H and O–H groups in total. The molecule has 10 heteroatoms. The largest absolute Gasteiger partial charge is 0.367 e. The second-order valence-corrected chi connectivity index (χ2v) is 7.17. The molecule has 0 saturated carbocycles. The van der Waals surface area contributed by atoms with Crippen molar-refractivity contribution in [2.24, 2.45) is 12.0 Å². The van der Waals surface area contributed by atoms with Gasteiger partial charge in [0.2, 0.25) is 0 Å². The molecule has 0 aliphatic heterocycles. The van der Waals surface area contributed by atoms with Crippen LogP contribution in [0.3, 0.4) is 0 Å². The molecule has 0 atom stereocenters. The number of aromatic nitrogens is 5. The Morgan fingerprint density at radius 1 is 1.37 bits per heavy atom. The highest BCUT2D eigenvalue weighted by Gasteiger charge is 2.09. The summed E-state index contributed by atoms with van der Waals surface area (Å²) in [7, 11) is 3.89. The van der Waals surface area contributed by atoms with Gasteiger partial charge in [-0.3, -0.25) is 9.67 Å². The molecule has 0 aliphatic rings. The number of nitrogens with one attached hydrogen (secondary N) is 2. The first-order valence-corrected chi connectivity index (χ1v) is 9.73. The van der Waals surface area contributed by atoms with Crippen LogP contribution in [0.5, 0.6) is 0 Å². The fourth-order valence-electron chi connectivity index (χ4n) is 2.71. The Hall–Kier alpha value is -2.75. The molecule has 0 aromatic carbocycles. The maximum atomic E-state index is 4.70. The predicted molar refractivity (Wildman–Crippen MR) is 109 cm³/mol. The topological polar surface area (TPSA) is 96.2 Å². The molecule has 3 heterocycles. The highest BCUT2D eigenvalue weighted by molar-refractivity contribution is 7.09. The lowest BCUT2D eigenvalue weighted by Crippen LogP contribution is -2.38. The third kappa shape index (κ3) is 4.70. The number of rotatable bonds is 7. The Bertz CT molecular complexity index is 914. The maximum absolute atomic E-state index is 4.70. The Kier molecular flexibility index (Phi) is 6.17. The number of fused-ring (bicyclic) bond motifs is 1. The lowest BCUT2D eigenvalue weighted by molar-refractivity contribution is 0.471. The van der Waals surface area contributed by atoms with Crippen molar-refractivity contribution in [2.75, 3.05) is 32.0 Å². The summed E-state index contributed by atoms with van der Waals surface area (Å²) in [5.74, 6) is 1.64. The monoisotopic (exact) mass is 387 g/mol. The van der Waals surface area contributed by atoms with Gasteiger partial charge in [-0.25, -0.2) is 15.0 Å². The zero-order valence-corrected chi connectivity index (χ0v) is 16.9. The lowest BCUT2D eigenvalue weighted by atomic mass is 10.4. The fraction of sp³-hybridized carbons (Fsp3) is 0.471. The molecule has 144 valence electrons. The Morgan fingerprint density at radius 2 is 2.22 bits per heavy atom. The van der Waals surface area contributed by atoms with Gasteiger partial charge in [-0.1, -0.05) is 0 Å². The standard InChI is InChI=1S/C17H25N9S/c1-5-18-17(25(3)9-13-10-27-12(2)24-13)20-7-6-19-15-14-8-23-26(4)16(14)22-11-21-15/h8,10-11H,5-7,9H2,1-4H3,(H,18,20)(H,19,21,22). The fourth-order valence-corrected chi connectivity index (χ4v) is 3.31. The molecule has 0 amide bonds. The van der Waals surface area contributed by atoms with Crippen molar-refractivity contribution < 1.29 is 0 Å². The quantitative estimate of drug-likeness (QED) is 0.361. The second kappa shape index (κ2) is 8.76. The first-order chi connectivity index (χ1) is 13.1. The van der Waals surface area contributed by atoms with Crippen LogP contribution in [0, 0.1) is 6.92 Å². The number of nitrogens with zero attached hydrogens (tertiary/aromatic N) is 7. The molecule has 3 aromatic rings. The van der Waals surface area contributed by atoms with E-state index in [4.69, 9.17) is 4.99 Å². The average molecular weight is 388 g/mol. The molecule has 0 fully saturated rings. The van der Waals surface area contributed by atoms with Gasteiger partial charge >= 0.3 is 0 Å². The van der Waals surface area contributed by atoms with E-state index in [9.17, 15) is 0 Å². The van der Waals surface area contributed by atoms with Gasteiger partial charge in [0.05, 0.1) is 35.4 Å². The number of guanidine groups is 1. The predicted octanol–water partition coefficient (Wildman–Crippen LogP) is 1.64. The zero-order valence-electron chi connectivity index (χ0n) is 16.1. The highest BCUT2D eigenvalue weighted by atomic mass is 32.1. The van der Waals surface area contributed by atoms with E-state index in [-0.39, 0.29) is 0 Å². The van der Waals surface area contributed by atoms with E-state index < -0.39 is 0 Å². The number of hydrogen-bond acceptors (Lipinski definition) is 7. The van der Waals surface area contributed by atoms with Crippen molar-refractivity contribution >= 4 is 34.1 Å². The normalized spacial score (nSPS) is 11.8.